The maximum absolute atomic E-state index is 6.34. The second-order valence-corrected chi connectivity index (χ2v) is 7.95. The maximum atomic E-state index is 6.34. The molecule has 2 heterocycles. The van der Waals surface area contributed by atoms with Crippen LogP contribution in [0, 0.1) is 0 Å². The molecule has 0 aliphatic heterocycles. The first-order valence-corrected chi connectivity index (χ1v) is 10.9. The molecule has 3 heteroatoms. The molecule has 0 N–H and O–H groups in total. The molecule has 0 saturated heterocycles. The summed E-state index contributed by atoms with van der Waals surface area (Å²) >= 11 is 0. The standard InChI is InChI=1S/C30H20N2O/c1-2-10-24-20-32-30(18-21(24)8-1)23-11-7-12-25(17-23)33-26-16-22-9-3-4-13-27(22)28(19-26)29-14-5-6-15-31-29/h1-20H. The zero-order valence-corrected chi connectivity index (χ0v) is 17.8. The van der Waals surface area contributed by atoms with Crippen molar-refractivity contribution in [2.24, 2.45) is 0 Å². The van der Waals surface area contributed by atoms with Gasteiger partial charge >= 0.3 is 0 Å². The van der Waals surface area contributed by atoms with Gasteiger partial charge in [0.2, 0.25) is 0 Å². The number of hydrogen-bond acceptors (Lipinski definition) is 3. The van der Waals surface area contributed by atoms with Gasteiger partial charge in [0.05, 0.1) is 11.4 Å². The fourth-order valence-electron chi connectivity index (χ4n) is 4.17. The first-order chi connectivity index (χ1) is 16.3. The van der Waals surface area contributed by atoms with Crippen molar-refractivity contribution in [2.45, 2.75) is 0 Å². The molecular weight excluding hydrogens is 404 g/mol. The second-order valence-electron chi connectivity index (χ2n) is 7.95. The van der Waals surface area contributed by atoms with Crippen molar-refractivity contribution in [1.82, 2.24) is 9.97 Å². The Morgan fingerprint density at radius 3 is 2.21 bits per heavy atom. The highest BCUT2D eigenvalue weighted by Gasteiger charge is 2.10. The Hall–Kier alpha value is -4.50. The average molecular weight is 425 g/mol. The topological polar surface area (TPSA) is 35.0 Å². The SMILES string of the molecule is c1ccc(-c2cc(Oc3cccc(-c4cc5ccccc5cn4)c3)cc3ccccc23)nc1. The number of nitrogens with zero attached hydrogens (tertiary/aromatic N) is 2. The number of rotatable bonds is 4. The van der Waals surface area contributed by atoms with Gasteiger partial charge in [-0.05, 0) is 58.6 Å². The predicted molar refractivity (Wildman–Crippen MR) is 134 cm³/mol. The molecule has 6 aromatic rings. The van der Waals surface area contributed by atoms with Gasteiger partial charge in [0.25, 0.3) is 0 Å². The summed E-state index contributed by atoms with van der Waals surface area (Å²) in [6.45, 7) is 0. The summed E-state index contributed by atoms with van der Waals surface area (Å²) in [7, 11) is 0. The quantitative estimate of drug-likeness (QED) is 0.288. The molecule has 3 nitrogen and oxygen atoms in total. The number of benzene rings is 4. The van der Waals surface area contributed by atoms with Gasteiger partial charge in [-0.3, -0.25) is 9.97 Å². The second kappa shape index (κ2) is 8.21. The highest BCUT2D eigenvalue weighted by Crippen LogP contribution is 2.35. The molecule has 156 valence electrons. The van der Waals surface area contributed by atoms with Crippen molar-refractivity contribution in [2.75, 3.05) is 0 Å². The molecule has 0 aliphatic rings. The summed E-state index contributed by atoms with van der Waals surface area (Å²) in [6, 6.07) is 36.8. The van der Waals surface area contributed by atoms with Crippen molar-refractivity contribution in [3.05, 3.63) is 122 Å². The zero-order chi connectivity index (χ0) is 22.0. The van der Waals surface area contributed by atoms with Gasteiger partial charge in [-0.1, -0.05) is 66.7 Å². The van der Waals surface area contributed by atoms with Gasteiger partial charge in [0.1, 0.15) is 11.5 Å². The maximum Gasteiger partial charge on any atom is 0.128 e. The lowest BCUT2D eigenvalue weighted by Gasteiger charge is -2.12. The van der Waals surface area contributed by atoms with Crippen LogP contribution in [0.4, 0.5) is 0 Å². The Morgan fingerprint density at radius 2 is 1.33 bits per heavy atom. The minimum atomic E-state index is 0.768. The highest BCUT2D eigenvalue weighted by atomic mass is 16.5. The van der Waals surface area contributed by atoms with Crippen molar-refractivity contribution >= 4 is 21.5 Å². The fourth-order valence-corrected chi connectivity index (χ4v) is 4.17. The molecule has 0 fully saturated rings. The van der Waals surface area contributed by atoms with E-state index in [0.29, 0.717) is 0 Å². The first-order valence-electron chi connectivity index (χ1n) is 10.9. The van der Waals surface area contributed by atoms with E-state index >= 15 is 0 Å². The molecular formula is C30H20N2O. The summed E-state index contributed by atoms with van der Waals surface area (Å²) in [6.07, 6.45) is 3.73. The highest BCUT2D eigenvalue weighted by molar-refractivity contribution is 5.97. The molecule has 0 amide bonds. The van der Waals surface area contributed by atoms with Crippen LogP contribution in [0.3, 0.4) is 0 Å². The summed E-state index contributed by atoms with van der Waals surface area (Å²) in [5.74, 6) is 1.54. The smallest absolute Gasteiger partial charge is 0.128 e. The third kappa shape index (κ3) is 3.81. The molecule has 4 aromatic carbocycles. The van der Waals surface area contributed by atoms with E-state index in [4.69, 9.17) is 4.74 Å². The number of hydrogen-bond donors (Lipinski definition) is 0. The Kier molecular flexibility index (Phi) is 4.78. The number of aromatic nitrogens is 2. The van der Waals surface area contributed by atoms with E-state index in [-0.39, 0.29) is 0 Å². The van der Waals surface area contributed by atoms with E-state index in [1.54, 1.807) is 0 Å². The average Bonchev–Trinajstić information content (AvgIpc) is 2.88. The Morgan fingerprint density at radius 1 is 0.515 bits per heavy atom. The molecule has 0 radical (unpaired) electrons. The van der Waals surface area contributed by atoms with Gasteiger partial charge in [-0.2, -0.15) is 0 Å². The minimum Gasteiger partial charge on any atom is -0.457 e. The van der Waals surface area contributed by atoms with E-state index in [2.05, 4.69) is 64.6 Å². The predicted octanol–water partition coefficient (Wildman–Crippen LogP) is 7.91. The Labute approximate surface area is 192 Å². The summed E-state index contributed by atoms with van der Waals surface area (Å²) < 4.78 is 6.34. The van der Waals surface area contributed by atoms with E-state index in [9.17, 15) is 0 Å². The first kappa shape index (κ1) is 19.2. The van der Waals surface area contributed by atoms with Gasteiger partial charge in [0, 0.05) is 28.9 Å². The van der Waals surface area contributed by atoms with E-state index < -0.39 is 0 Å². The van der Waals surface area contributed by atoms with E-state index in [0.717, 1.165) is 50.2 Å². The Balaban J connectivity index is 1.39. The van der Waals surface area contributed by atoms with Crippen LogP contribution in [0.5, 0.6) is 11.5 Å². The third-order valence-corrected chi connectivity index (χ3v) is 5.77. The van der Waals surface area contributed by atoms with Crippen LogP contribution in [-0.4, -0.2) is 9.97 Å². The summed E-state index contributed by atoms with van der Waals surface area (Å²) in [5.41, 5.74) is 3.92. The largest absolute Gasteiger partial charge is 0.457 e. The van der Waals surface area contributed by atoms with Crippen molar-refractivity contribution in [3.8, 4) is 34.0 Å². The van der Waals surface area contributed by atoms with Crippen LogP contribution in [0.2, 0.25) is 0 Å². The van der Waals surface area contributed by atoms with Gasteiger partial charge in [-0.25, -0.2) is 0 Å². The van der Waals surface area contributed by atoms with Gasteiger partial charge < -0.3 is 4.74 Å². The molecule has 0 bridgehead atoms. The molecule has 0 saturated carbocycles. The summed E-state index contributed by atoms with van der Waals surface area (Å²) in [5, 5.41) is 4.57. The van der Waals surface area contributed by atoms with Crippen molar-refractivity contribution < 1.29 is 4.74 Å². The van der Waals surface area contributed by atoms with Gasteiger partial charge in [-0.15, -0.1) is 0 Å². The van der Waals surface area contributed by atoms with Crippen molar-refractivity contribution in [3.63, 3.8) is 0 Å². The molecule has 2 aromatic heterocycles. The number of pyridine rings is 2. The molecule has 0 atom stereocenters. The lowest BCUT2D eigenvalue weighted by molar-refractivity contribution is 0.484. The third-order valence-electron chi connectivity index (χ3n) is 5.77. The fraction of sp³-hybridized carbons (Fsp3) is 0. The minimum absolute atomic E-state index is 0.768. The molecule has 6 rings (SSSR count). The number of fused-ring (bicyclic) bond motifs is 2. The zero-order valence-electron chi connectivity index (χ0n) is 17.8. The van der Waals surface area contributed by atoms with Crippen LogP contribution in [0.1, 0.15) is 0 Å². The molecule has 0 unspecified atom stereocenters. The molecule has 0 spiro atoms. The van der Waals surface area contributed by atoms with Crippen LogP contribution in [0.25, 0.3) is 44.1 Å². The van der Waals surface area contributed by atoms with Crippen LogP contribution < -0.4 is 4.74 Å². The number of ether oxygens (including phenoxy) is 1. The van der Waals surface area contributed by atoms with Crippen LogP contribution in [-0.2, 0) is 0 Å². The van der Waals surface area contributed by atoms with E-state index in [1.807, 2.05) is 67.0 Å². The lowest BCUT2D eigenvalue weighted by Crippen LogP contribution is -1.90. The van der Waals surface area contributed by atoms with Crippen molar-refractivity contribution in [1.29, 1.82) is 0 Å². The van der Waals surface area contributed by atoms with Gasteiger partial charge in [0.15, 0.2) is 0 Å². The molecule has 0 aliphatic carbocycles. The van der Waals surface area contributed by atoms with E-state index in [1.165, 1.54) is 5.39 Å². The molecule has 33 heavy (non-hydrogen) atoms. The summed E-state index contributed by atoms with van der Waals surface area (Å²) in [4.78, 5) is 9.22. The van der Waals surface area contributed by atoms with Crippen LogP contribution >= 0.6 is 0 Å². The lowest BCUT2D eigenvalue weighted by atomic mass is 10.0. The van der Waals surface area contributed by atoms with Crippen LogP contribution in [0.15, 0.2) is 122 Å². The normalized spacial score (nSPS) is 11.0. The Bertz CT molecular complexity index is 1590. The monoisotopic (exact) mass is 424 g/mol.